The number of nitrogens with one attached hydrogen (secondary N) is 1. The van der Waals surface area contributed by atoms with Crippen molar-refractivity contribution >= 4 is 41.2 Å². The maximum atomic E-state index is 14.2. The smallest absolute Gasteiger partial charge is 0.870 e. The van der Waals surface area contributed by atoms with Crippen molar-refractivity contribution in [3.8, 4) is 21.6 Å². The molecule has 3 aromatic carbocycles. The first-order chi connectivity index (χ1) is 16.9. The van der Waals surface area contributed by atoms with E-state index in [1.807, 2.05) is 49.4 Å². The van der Waals surface area contributed by atoms with E-state index in [0.717, 1.165) is 16.0 Å². The Morgan fingerprint density at radius 2 is 1.76 bits per heavy atom. The van der Waals surface area contributed by atoms with Crippen LogP contribution in [0.3, 0.4) is 0 Å². The van der Waals surface area contributed by atoms with Gasteiger partial charge in [-0.25, -0.2) is 9.18 Å². The number of ether oxygens (including phenoxy) is 1. The second kappa shape index (κ2) is 13.8. The Kier molecular flexibility index (Phi) is 11.4. The summed E-state index contributed by atoms with van der Waals surface area (Å²) in [6.45, 7) is 3.56. The molecular weight excluding hydrogens is 526 g/mol. The van der Waals surface area contributed by atoms with Crippen LogP contribution < -0.4 is 34.9 Å². The van der Waals surface area contributed by atoms with Crippen molar-refractivity contribution in [1.82, 2.24) is 4.37 Å². The fourth-order valence-corrected chi connectivity index (χ4v) is 4.78. The van der Waals surface area contributed by atoms with Crippen LogP contribution in [0, 0.1) is 12.7 Å². The molecule has 2 N–H and O–H groups in total. The Balaban J connectivity index is 0.00000241. The third-order valence-electron chi connectivity index (χ3n) is 5.51. The first-order valence-electron chi connectivity index (χ1n) is 10.8. The molecule has 1 heterocycles. The van der Waals surface area contributed by atoms with Crippen molar-refractivity contribution in [3.63, 3.8) is 0 Å². The molecule has 4 rings (SSSR count). The Morgan fingerprint density at radius 3 is 2.41 bits per heavy atom. The van der Waals surface area contributed by atoms with Crippen molar-refractivity contribution in [2.75, 3.05) is 5.32 Å². The number of benzene rings is 3. The number of amides is 1. The zero-order chi connectivity index (χ0) is 24.9. The van der Waals surface area contributed by atoms with E-state index in [1.54, 1.807) is 31.4 Å². The molecular formula is C27H22ClFN2NaO4S-. The Labute approximate surface area is 245 Å². The molecule has 1 atom stereocenters. The van der Waals surface area contributed by atoms with Crippen LogP contribution in [0.25, 0.3) is 21.6 Å². The van der Waals surface area contributed by atoms with Gasteiger partial charge in [-0.1, -0.05) is 66.2 Å². The van der Waals surface area contributed by atoms with Gasteiger partial charge in [-0.15, -0.1) is 6.42 Å². The van der Waals surface area contributed by atoms with Gasteiger partial charge in [0.25, 0.3) is 0 Å². The van der Waals surface area contributed by atoms with Gasteiger partial charge in [-0.3, -0.25) is 11.6 Å². The fourth-order valence-electron chi connectivity index (χ4n) is 3.64. The van der Waals surface area contributed by atoms with Crippen molar-refractivity contribution < 1.29 is 53.7 Å². The number of hydrogen-bond acceptors (Lipinski definition) is 6. The van der Waals surface area contributed by atoms with E-state index in [0.29, 0.717) is 33.1 Å². The molecule has 10 heteroatoms. The molecule has 0 unspecified atom stereocenters. The Hall–Kier alpha value is -2.59. The maximum Gasteiger partial charge on any atom is 1.00 e. The van der Waals surface area contributed by atoms with Gasteiger partial charge in [0.05, 0.1) is 16.3 Å². The molecule has 0 bridgehead atoms. The van der Waals surface area contributed by atoms with Gasteiger partial charge in [-0.2, -0.15) is 4.37 Å². The van der Waals surface area contributed by atoms with Crippen LogP contribution >= 0.6 is 23.1 Å². The summed E-state index contributed by atoms with van der Waals surface area (Å²) in [6, 6.07) is 19.5. The number of aromatic nitrogens is 1. The van der Waals surface area contributed by atoms with Crippen LogP contribution in [-0.4, -0.2) is 22.2 Å². The Bertz CT molecular complexity index is 1380. The monoisotopic (exact) mass is 547 g/mol. The molecule has 1 amide bonds. The van der Waals surface area contributed by atoms with Crippen molar-refractivity contribution in [2.24, 2.45) is 0 Å². The van der Waals surface area contributed by atoms with Gasteiger partial charge in [0.15, 0.2) is 0 Å². The van der Waals surface area contributed by atoms with Crippen LogP contribution in [0.5, 0.6) is 0 Å². The maximum absolute atomic E-state index is 14.2. The number of halogens is 2. The van der Waals surface area contributed by atoms with E-state index in [4.69, 9.17) is 16.3 Å². The van der Waals surface area contributed by atoms with Gasteiger partial charge in [0.2, 0.25) is 0 Å². The number of carbonyl (C=O) groups excluding carboxylic acids is 2. The summed E-state index contributed by atoms with van der Waals surface area (Å²) in [5.41, 5.74) is 4.63. The first-order valence-corrected chi connectivity index (χ1v) is 11.9. The van der Waals surface area contributed by atoms with Gasteiger partial charge < -0.3 is 15.0 Å². The molecule has 1 aromatic heterocycles. The Morgan fingerprint density at radius 1 is 1.11 bits per heavy atom. The minimum atomic E-state index is -0.610. The molecule has 186 valence electrons. The number of aryl methyl sites for hydroxylation is 1. The normalized spacial score (nSPS) is 11.0. The zero-order valence-corrected chi connectivity index (χ0v) is 24.0. The standard InChI is InChI=1S/C27H21ClFN2O3S.Na.H2O/c1-16-25(30-27(33)34-17(2)22-5-3-4-6-23(22)28)26(35-31-16)20-10-7-18(8-11-20)21-12-9-19(13-14-32)24(29)15-21;;/h3-12,15,17H,13H2,1-2H3,(H,30,33);;1H2/q-1;+1;/p-1/t17-;;/m1../s1. The van der Waals surface area contributed by atoms with Gasteiger partial charge in [0.1, 0.15) is 11.9 Å². The summed E-state index contributed by atoms with van der Waals surface area (Å²) >= 11 is 7.47. The minimum absolute atomic E-state index is 0. The molecule has 0 radical (unpaired) electrons. The molecule has 0 spiro atoms. The second-order valence-corrected chi connectivity index (χ2v) is 9.05. The van der Waals surface area contributed by atoms with Gasteiger partial charge in [-0.05, 0) is 59.8 Å². The summed E-state index contributed by atoms with van der Waals surface area (Å²) in [7, 11) is 0. The van der Waals surface area contributed by atoms with Crippen LogP contribution in [0.4, 0.5) is 14.9 Å². The van der Waals surface area contributed by atoms with Crippen LogP contribution in [0.1, 0.15) is 29.8 Å². The summed E-state index contributed by atoms with van der Waals surface area (Å²) in [5, 5.41) is 3.34. The number of nitrogens with zero attached hydrogens (tertiary/aromatic N) is 1. The predicted molar refractivity (Wildman–Crippen MR) is 139 cm³/mol. The third kappa shape index (κ3) is 7.25. The van der Waals surface area contributed by atoms with E-state index in [9.17, 15) is 14.0 Å². The van der Waals surface area contributed by atoms with Crippen LogP contribution in [0.2, 0.25) is 5.02 Å². The number of rotatable bonds is 7. The van der Waals surface area contributed by atoms with Crippen molar-refractivity contribution in [3.05, 3.63) is 94.4 Å². The van der Waals surface area contributed by atoms with Crippen molar-refractivity contribution in [2.45, 2.75) is 26.4 Å². The minimum Gasteiger partial charge on any atom is -0.870 e. The number of carbonyl (C=O) groups is 1. The number of anilines is 1. The van der Waals surface area contributed by atoms with E-state index in [2.05, 4.69) is 9.69 Å². The number of hydrogen-bond donors (Lipinski definition) is 1. The van der Waals surface area contributed by atoms with Crippen LogP contribution in [0.15, 0.2) is 66.7 Å². The molecule has 0 aliphatic rings. The average molecular weight is 548 g/mol. The first kappa shape index (κ1) is 30.6. The molecule has 0 saturated heterocycles. The average Bonchev–Trinajstić information content (AvgIpc) is 3.20. The molecule has 4 aromatic rings. The quantitative estimate of drug-likeness (QED) is 0.274. The van der Waals surface area contributed by atoms with Gasteiger partial charge in [0, 0.05) is 10.6 Å². The van der Waals surface area contributed by atoms with E-state index in [1.165, 1.54) is 17.6 Å². The molecule has 6 nitrogen and oxygen atoms in total. The van der Waals surface area contributed by atoms with E-state index >= 15 is 0 Å². The molecule has 0 aliphatic heterocycles. The SMILES string of the molecule is Cc1nsc(-c2ccc(-c3ccc(C[C-]=O)c(F)c3)cc2)c1NC(=O)O[C@H](C)c1ccccc1Cl.[Na+].[OH-]. The van der Waals surface area contributed by atoms with Gasteiger partial charge >= 0.3 is 35.7 Å². The molecule has 0 aliphatic carbocycles. The predicted octanol–water partition coefficient (Wildman–Crippen LogP) is 4.37. The largest absolute Gasteiger partial charge is 1.00 e. The topological polar surface area (TPSA) is 98.3 Å². The summed E-state index contributed by atoms with van der Waals surface area (Å²) in [5.74, 6) is -0.441. The molecule has 37 heavy (non-hydrogen) atoms. The third-order valence-corrected chi connectivity index (χ3v) is 6.84. The molecule has 0 fully saturated rings. The summed E-state index contributed by atoms with van der Waals surface area (Å²) in [4.78, 5) is 23.9. The summed E-state index contributed by atoms with van der Waals surface area (Å²) in [6.07, 6.45) is 0.491. The van der Waals surface area contributed by atoms with Crippen LogP contribution in [-0.2, 0) is 16.0 Å². The molecule has 0 saturated carbocycles. The van der Waals surface area contributed by atoms with E-state index < -0.39 is 18.0 Å². The second-order valence-electron chi connectivity index (χ2n) is 7.87. The zero-order valence-electron chi connectivity index (χ0n) is 20.4. The summed E-state index contributed by atoms with van der Waals surface area (Å²) < 4.78 is 24.1. The van der Waals surface area contributed by atoms with Crippen molar-refractivity contribution in [1.29, 1.82) is 0 Å². The fraction of sp³-hybridized carbons (Fsp3) is 0.148. The van der Waals surface area contributed by atoms with E-state index in [-0.39, 0.29) is 41.5 Å².